The molecule has 4 aliphatic carbocycles. The Balaban J connectivity index is 1.14. The third kappa shape index (κ3) is 5.24. The molecule has 4 nitrogen and oxygen atoms in total. The zero-order valence-electron chi connectivity index (χ0n) is 22.7. The van der Waals surface area contributed by atoms with E-state index >= 15 is 0 Å². The molecule has 1 aromatic rings. The van der Waals surface area contributed by atoms with Crippen molar-refractivity contribution in [2.24, 2.45) is 23.2 Å². The molecule has 198 valence electrons. The number of carbonyl (C=O) groups excluding carboxylic acids is 2. The number of aryl methyl sites for hydroxylation is 1. The van der Waals surface area contributed by atoms with Crippen LogP contribution in [0, 0.1) is 23.2 Å². The molecule has 5 rings (SSSR count). The monoisotopic (exact) mass is 493 g/mol. The number of rotatable bonds is 8. The van der Waals surface area contributed by atoms with Crippen LogP contribution in [0.15, 0.2) is 18.2 Å². The van der Waals surface area contributed by atoms with Gasteiger partial charge in [-0.2, -0.15) is 0 Å². The minimum Gasteiger partial charge on any atom is -0.497 e. The lowest BCUT2D eigenvalue weighted by Crippen LogP contribution is -2.44. The molecule has 1 aromatic carbocycles. The number of ketones is 1. The maximum absolute atomic E-state index is 13.3. The topological polar surface area (TPSA) is 55.4 Å². The Kier molecular flexibility index (Phi) is 8.08. The number of nitrogens with one attached hydrogen (secondary N) is 1. The minimum absolute atomic E-state index is 0.117. The summed E-state index contributed by atoms with van der Waals surface area (Å²) >= 11 is 0. The summed E-state index contributed by atoms with van der Waals surface area (Å²) in [6.45, 7) is 2.29. The standard InChI is InChI=1S/C32H47NO3/c1-32-19-18-27-26-17-15-25(36-2)20-22(26)14-16-28(27)31(32)23(21-29(32)34)10-6-5-9-13-30(35)33-24-11-7-3-4-8-12-24/h15,17,20,23-24,27-28,31H,3-14,16,18-19,21H2,1-2H3,(H,33,35)/t23-,27-,28-,31+,32-/m1/s1. The second-order valence-electron chi connectivity index (χ2n) is 12.6. The van der Waals surface area contributed by atoms with Crippen molar-refractivity contribution in [3.05, 3.63) is 29.3 Å². The van der Waals surface area contributed by atoms with Gasteiger partial charge in [-0.25, -0.2) is 0 Å². The third-order valence-corrected chi connectivity index (χ3v) is 10.5. The minimum atomic E-state index is -0.117. The third-order valence-electron chi connectivity index (χ3n) is 10.5. The van der Waals surface area contributed by atoms with E-state index in [-0.39, 0.29) is 11.3 Å². The maximum atomic E-state index is 13.3. The fraction of sp³-hybridized carbons (Fsp3) is 0.750. The van der Waals surface area contributed by atoms with E-state index in [1.54, 1.807) is 7.11 Å². The molecule has 0 radical (unpaired) electrons. The predicted molar refractivity (Wildman–Crippen MR) is 144 cm³/mol. The van der Waals surface area contributed by atoms with Crippen LogP contribution in [0.4, 0.5) is 0 Å². The van der Waals surface area contributed by atoms with Crippen molar-refractivity contribution in [2.45, 2.75) is 122 Å². The van der Waals surface area contributed by atoms with Crippen molar-refractivity contribution < 1.29 is 14.3 Å². The first-order valence-electron chi connectivity index (χ1n) is 15.0. The Bertz CT molecular complexity index is 933. The highest BCUT2D eigenvalue weighted by molar-refractivity contribution is 5.87. The highest BCUT2D eigenvalue weighted by Gasteiger charge is 2.58. The van der Waals surface area contributed by atoms with Gasteiger partial charge in [0.1, 0.15) is 11.5 Å². The van der Waals surface area contributed by atoms with Gasteiger partial charge in [0.15, 0.2) is 0 Å². The summed E-state index contributed by atoms with van der Waals surface area (Å²) in [6, 6.07) is 7.07. The Morgan fingerprint density at radius 2 is 1.86 bits per heavy atom. The molecular weight excluding hydrogens is 446 g/mol. The van der Waals surface area contributed by atoms with Gasteiger partial charge in [0, 0.05) is 24.3 Å². The smallest absolute Gasteiger partial charge is 0.220 e. The molecule has 0 aromatic heterocycles. The summed E-state index contributed by atoms with van der Waals surface area (Å²) in [6.07, 6.45) is 17.8. The van der Waals surface area contributed by atoms with E-state index in [4.69, 9.17) is 4.74 Å². The lowest BCUT2D eigenvalue weighted by Gasteiger charge is -2.50. The number of methoxy groups -OCH3 is 1. The van der Waals surface area contributed by atoms with Crippen LogP contribution in [-0.4, -0.2) is 24.8 Å². The average molecular weight is 494 g/mol. The highest BCUT2D eigenvalue weighted by atomic mass is 16.5. The largest absolute Gasteiger partial charge is 0.497 e. The van der Waals surface area contributed by atoms with Crippen LogP contribution in [0.5, 0.6) is 5.75 Å². The van der Waals surface area contributed by atoms with Gasteiger partial charge in [-0.15, -0.1) is 0 Å². The van der Waals surface area contributed by atoms with Crippen molar-refractivity contribution in [2.75, 3.05) is 7.11 Å². The molecule has 0 bridgehead atoms. The number of Topliss-reactive ketones (excluding diaryl/α,β-unsaturated/α-hetero) is 1. The van der Waals surface area contributed by atoms with Gasteiger partial charge in [0.2, 0.25) is 5.91 Å². The van der Waals surface area contributed by atoms with Crippen LogP contribution >= 0.6 is 0 Å². The summed E-state index contributed by atoms with van der Waals surface area (Å²) in [5.74, 6) is 4.01. The summed E-state index contributed by atoms with van der Waals surface area (Å²) in [7, 11) is 1.75. The molecule has 36 heavy (non-hydrogen) atoms. The second kappa shape index (κ2) is 11.3. The fourth-order valence-corrected chi connectivity index (χ4v) is 8.60. The molecule has 1 amide bonds. The number of unbranched alkanes of at least 4 members (excludes halogenated alkanes) is 2. The first-order chi connectivity index (χ1) is 17.5. The zero-order chi connectivity index (χ0) is 25.1. The Morgan fingerprint density at radius 3 is 2.64 bits per heavy atom. The molecule has 0 heterocycles. The van der Waals surface area contributed by atoms with E-state index in [0.717, 1.165) is 70.0 Å². The predicted octanol–water partition coefficient (Wildman–Crippen LogP) is 7.14. The SMILES string of the molecule is COc1ccc2c(c1)CC[C@H]1[C@@H]3[C@H](CCCCCC(=O)NC4CCCCCC4)CC(=O)[C@@]3(C)CC[C@H]21. The van der Waals surface area contributed by atoms with Crippen LogP contribution in [0.25, 0.3) is 0 Å². The molecule has 0 saturated heterocycles. The lowest BCUT2D eigenvalue weighted by molar-refractivity contribution is -0.129. The zero-order valence-corrected chi connectivity index (χ0v) is 22.7. The van der Waals surface area contributed by atoms with E-state index in [1.807, 2.05) is 0 Å². The summed E-state index contributed by atoms with van der Waals surface area (Å²) in [5.41, 5.74) is 2.86. The Morgan fingerprint density at radius 1 is 1.06 bits per heavy atom. The van der Waals surface area contributed by atoms with Crippen molar-refractivity contribution in [3.63, 3.8) is 0 Å². The van der Waals surface area contributed by atoms with E-state index in [2.05, 4.69) is 30.4 Å². The van der Waals surface area contributed by atoms with Gasteiger partial charge in [-0.05, 0) is 98.3 Å². The van der Waals surface area contributed by atoms with Crippen molar-refractivity contribution in [1.82, 2.24) is 5.32 Å². The van der Waals surface area contributed by atoms with E-state index < -0.39 is 0 Å². The van der Waals surface area contributed by atoms with Crippen LogP contribution in [-0.2, 0) is 16.0 Å². The number of carbonyl (C=O) groups is 2. The van der Waals surface area contributed by atoms with Crippen LogP contribution < -0.4 is 10.1 Å². The molecule has 4 heteroatoms. The van der Waals surface area contributed by atoms with Gasteiger partial charge >= 0.3 is 0 Å². The molecule has 3 saturated carbocycles. The average Bonchev–Trinajstić information content (AvgIpc) is 3.02. The van der Waals surface area contributed by atoms with Crippen LogP contribution in [0.3, 0.4) is 0 Å². The van der Waals surface area contributed by atoms with Gasteiger partial charge in [0.05, 0.1) is 7.11 Å². The normalized spacial score (nSPS) is 32.2. The van der Waals surface area contributed by atoms with Gasteiger partial charge in [-0.3, -0.25) is 9.59 Å². The number of benzene rings is 1. The molecule has 0 unspecified atom stereocenters. The lowest BCUT2D eigenvalue weighted by atomic mass is 9.54. The van der Waals surface area contributed by atoms with Gasteiger partial charge in [0.25, 0.3) is 0 Å². The van der Waals surface area contributed by atoms with E-state index in [9.17, 15) is 9.59 Å². The molecule has 1 N–H and O–H groups in total. The maximum Gasteiger partial charge on any atom is 0.220 e. The van der Waals surface area contributed by atoms with Gasteiger partial charge in [-0.1, -0.05) is 51.5 Å². The number of fused-ring (bicyclic) bond motifs is 5. The number of hydrogen-bond acceptors (Lipinski definition) is 3. The van der Waals surface area contributed by atoms with E-state index in [1.165, 1.54) is 43.2 Å². The second-order valence-corrected chi connectivity index (χ2v) is 12.6. The van der Waals surface area contributed by atoms with Gasteiger partial charge < -0.3 is 10.1 Å². The Hall–Kier alpha value is -1.84. The fourth-order valence-electron chi connectivity index (χ4n) is 8.60. The molecule has 5 atom stereocenters. The molecule has 4 aliphatic rings. The summed E-state index contributed by atoms with van der Waals surface area (Å²) in [5, 5.41) is 3.29. The Labute approximate surface area is 218 Å². The van der Waals surface area contributed by atoms with E-state index in [0.29, 0.717) is 41.9 Å². The number of ether oxygens (including phenoxy) is 1. The number of amides is 1. The van der Waals surface area contributed by atoms with Crippen molar-refractivity contribution >= 4 is 11.7 Å². The molecule has 0 aliphatic heterocycles. The first kappa shape index (κ1) is 25.8. The molecule has 3 fully saturated rings. The van der Waals surface area contributed by atoms with Crippen LogP contribution in [0.2, 0.25) is 0 Å². The van der Waals surface area contributed by atoms with Crippen molar-refractivity contribution in [1.29, 1.82) is 0 Å². The quantitative estimate of drug-likeness (QED) is 0.309. The van der Waals surface area contributed by atoms with Crippen molar-refractivity contribution in [3.8, 4) is 5.75 Å². The highest BCUT2D eigenvalue weighted by Crippen LogP contribution is 2.62. The summed E-state index contributed by atoms with van der Waals surface area (Å²) < 4.78 is 5.48. The number of hydrogen-bond donors (Lipinski definition) is 1. The molecular formula is C32H47NO3. The molecule has 0 spiro atoms. The summed E-state index contributed by atoms with van der Waals surface area (Å²) in [4.78, 5) is 25.7. The van der Waals surface area contributed by atoms with Crippen LogP contribution in [0.1, 0.15) is 120 Å². The first-order valence-corrected chi connectivity index (χ1v) is 15.0.